The molecule has 1 aliphatic heterocycles. The summed E-state index contributed by atoms with van der Waals surface area (Å²) in [5, 5.41) is 9.05. The van der Waals surface area contributed by atoms with Crippen molar-refractivity contribution in [3.8, 4) is 0 Å². The number of nitrogens with two attached hydrogens (primary N) is 2. The maximum atomic E-state index is 11.1. The third kappa shape index (κ3) is 3.17. The number of hydrogen-bond acceptors (Lipinski definition) is 5. The van der Waals surface area contributed by atoms with E-state index in [0.29, 0.717) is 11.6 Å². The minimum atomic E-state index is -1.17. The maximum absolute atomic E-state index is 11.1. The number of fused-ring (bicyclic) bond motifs is 1. The van der Waals surface area contributed by atoms with E-state index in [1.54, 1.807) is 0 Å². The minimum absolute atomic E-state index is 0.152. The van der Waals surface area contributed by atoms with Crippen molar-refractivity contribution >= 4 is 11.7 Å². The Balaban J connectivity index is 2.33. The second kappa shape index (κ2) is 6.15. The average Bonchev–Trinajstić information content (AvgIpc) is 2.46. The SMILES string of the molecule is CC(C)N1CCc2cc(/C(N)=C(/NN)C(=O)O)ccc2C1. The van der Waals surface area contributed by atoms with Crippen LogP contribution in [-0.2, 0) is 17.8 Å². The fourth-order valence-corrected chi connectivity index (χ4v) is 2.58. The van der Waals surface area contributed by atoms with Crippen LogP contribution in [0, 0.1) is 0 Å². The average molecular weight is 290 g/mol. The third-order valence-electron chi connectivity index (χ3n) is 3.92. The van der Waals surface area contributed by atoms with Gasteiger partial charge in [-0.1, -0.05) is 12.1 Å². The number of hydrazine groups is 1. The normalized spacial score (nSPS) is 16.4. The molecule has 1 aromatic carbocycles. The first-order valence-electron chi connectivity index (χ1n) is 7.00. The smallest absolute Gasteiger partial charge is 0.355 e. The molecule has 0 saturated heterocycles. The Morgan fingerprint density at radius 3 is 2.67 bits per heavy atom. The number of nitrogens with one attached hydrogen (secondary N) is 1. The van der Waals surface area contributed by atoms with Gasteiger partial charge >= 0.3 is 5.97 Å². The molecule has 6 nitrogen and oxygen atoms in total. The summed E-state index contributed by atoms with van der Waals surface area (Å²) in [7, 11) is 0. The van der Waals surface area contributed by atoms with Gasteiger partial charge in [-0.05, 0) is 37.5 Å². The molecule has 1 heterocycles. The quantitative estimate of drug-likeness (QED) is 0.368. The number of benzene rings is 1. The van der Waals surface area contributed by atoms with E-state index >= 15 is 0 Å². The topological polar surface area (TPSA) is 105 Å². The highest BCUT2D eigenvalue weighted by Gasteiger charge is 2.20. The van der Waals surface area contributed by atoms with Gasteiger partial charge < -0.3 is 16.3 Å². The van der Waals surface area contributed by atoms with E-state index in [4.69, 9.17) is 16.7 Å². The van der Waals surface area contributed by atoms with Gasteiger partial charge in [0.2, 0.25) is 0 Å². The third-order valence-corrected chi connectivity index (χ3v) is 3.92. The van der Waals surface area contributed by atoms with Crippen LogP contribution in [0.25, 0.3) is 5.70 Å². The lowest BCUT2D eigenvalue weighted by molar-refractivity contribution is -0.133. The van der Waals surface area contributed by atoms with E-state index < -0.39 is 5.97 Å². The predicted molar refractivity (Wildman–Crippen MR) is 81.8 cm³/mol. The van der Waals surface area contributed by atoms with Gasteiger partial charge in [0.05, 0.1) is 5.70 Å². The summed E-state index contributed by atoms with van der Waals surface area (Å²) in [5.41, 5.74) is 11.2. The highest BCUT2D eigenvalue weighted by molar-refractivity contribution is 5.94. The summed E-state index contributed by atoms with van der Waals surface area (Å²) in [6.45, 7) is 6.29. The molecule has 0 atom stereocenters. The van der Waals surface area contributed by atoms with Gasteiger partial charge in [0.1, 0.15) is 0 Å². The Morgan fingerprint density at radius 1 is 1.38 bits per heavy atom. The van der Waals surface area contributed by atoms with Crippen molar-refractivity contribution in [2.75, 3.05) is 6.54 Å². The molecule has 6 heteroatoms. The highest BCUT2D eigenvalue weighted by Crippen LogP contribution is 2.24. The number of hydrogen-bond donors (Lipinski definition) is 4. The summed E-state index contributed by atoms with van der Waals surface area (Å²) in [4.78, 5) is 13.5. The standard InChI is InChI=1S/C15H22N4O2/c1-9(2)19-6-5-10-7-11(3-4-12(10)8-19)13(16)14(18-17)15(20)21/h3-4,7,9,18H,5-6,8,16-17H2,1-2H3,(H,20,21)/b14-13-. The Hall–Kier alpha value is -2.05. The van der Waals surface area contributed by atoms with Crippen molar-refractivity contribution in [3.63, 3.8) is 0 Å². The second-order valence-corrected chi connectivity index (χ2v) is 5.54. The summed E-state index contributed by atoms with van der Waals surface area (Å²) in [5.74, 6) is 4.06. The van der Waals surface area contributed by atoms with Crippen molar-refractivity contribution in [2.24, 2.45) is 11.6 Å². The van der Waals surface area contributed by atoms with Crippen LogP contribution in [0.5, 0.6) is 0 Å². The van der Waals surface area contributed by atoms with Crippen LogP contribution in [0.4, 0.5) is 0 Å². The Kier molecular flexibility index (Phi) is 4.50. The number of rotatable bonds is 4. The molecule has 21 heavy (non-hydrogen) atoms. The molecule has 0 radical (unpaired) electrons. The van der Waals surface area contributed by atoms with Crippen LogP contribution < -0.4 is 17.0 Å². The molecule has 0 fully saturated rings. The minimum Gasteiger partial charge on any atom is -0.476 e. The molecule has 0 saturated carbocycles. The zero-order chi connectivity index (χ0) is 15.6. The second-order valence-electron chi connectivity index (χ2n) is 5.54. The zero-order valence-corrected chi connectivity index (χ0v) is 12.4. The highest BCUT2D eigenvalue weighted by atomic mass is 16.4. The van der Waals surface area contributed by atoms with E-state index in [-0.39, 0.29) is 11.4 Å². The van der Waals surface area contributed by atoms with Crippen LogP contribution in [-0.4, -0.2) is 28.6 Å². The van der Waals surface area contributed by atoms with Gasteiger partial charge in [-0.25, -0.2) is 4.79 Å². The molecule has 0 bridgehead atoms. The summed E-state index contributed by atoms with van der Waals surface area (Å²) in [6.07, 6.45) is 0.938. The molecule has 114 valence electrons. The molecular formula is C15H22N4O2. The first kappa shape index (κ1) is 15.3. The first-order chi connectivity index (χ1) is 9.93. The fourth-order valence-electron chi connectivity index (χ4n) is 2.58. The first-order valence-corrected chi connectivity index (χ1v) is 7.00. The van der Waals surface area contributed by atoms with Gasteiger partial charge in [0, 0.05) is 24.7 Å². The predicted octanol–water partition coefficient (Wildman–Crippen LogP) is 0.628. The van der Waals surface area contributed by atoms with Crippen molar-refractivity contribution in [2.45, 2.75) is 32.9 Å². The van der Waals surface area contributed by atoms with Crippen molar-refractivity contribution in [3.05, 3.63) is 40.6 Å². The molecule has 0 aliphatic carbocycles. The molecule has 6 N–H and O–H groups in total. The Morgan fingerprint density at radius 2 is 2.10 bits per heavy atom. The molecule has 1 aliphatic rings. The number of nitrogens with zero attached hydrogens (tertiary/aromatic N) is 1. The molecule has 1 aromatic rings. The van der Waals surface area contributed by atoms with E-state index in [9.17, 15) is 4.79 Å². The number of aliphatic carboxylic acids is 1. The van der Waals surface area contributed by atoms with E-state index in [1.165, 1.54) is 11.1 Å². The van der Waals surface area contributed by atoms with Gasteiger partial charge in [-0.3, -0.25) is 10.7 Å². The fraction of sp³-hybridized carbons (Fsp3) is 0.400. The summed E-state index contributed by atoms with van der Waals surface area (Å²) < 4.78 is 0. The van der Waals surface area contributed by atoms with Crippen molar-refractivity contribution < 1.29 is 9.90 Å². The van der Waals surface area contributed by atoms with E-state index in [2.05, 4.69) is 24.2 Å². The maximum Gasteiger partial charge on any atom is 0.355 e. The molecular weight excluding hydrogens is 268 g/mol. The van der Waals surface area contributed by atoms with Crippen LogP contribution in [0.3, 0.4) is 0 Å². The molecule has 0 unspecified atom stereocenters. The van der Waals surface area contributed by atoms with Crippen molar-refractivity contribution in [1.82, 2.24) is 10.3 Å². The van der Waals surface area contributed by atoms with Crippen LogP contribution in [0.15, 0.2) is 23.9 Å². The number of carboxylic acid groups (broad SMARTS) is 1. The lowest BCUT2D eigenvalue weighted by atomic mass is 9.95. The Labute approximate surface area is 124 Å². The molecule has 0 amide bonds. The molecule has 0 aromatic heterocycles. The Bertz CT molecular complexity index is 581. The summed E-state index contributed by atoms with van der Waals surface area (Å²) >= 11 is 0. The monoisotopic (exact) mass is 290 g/mol. The van der Waals surface area contributed by atoms with Crippen LogP contribution in [0.1, 0.15) is 30.5 Å². The molecule has 0 spiro atoms. The van der Waals surface area contributed by atoms with Crippen LogP contribution >= 0.6 is 0 Å². The zero-order valence-electron chi connectivity index (χ0n) is 12.4. The number of carbonyl (C=O) groups is 1. The largest absolute Gasteiger partial charge is 0.476 e. The van der Waals surface area contributed by atoms with Gasteiger partial charge in [-0.15, -0.1) is 0 Å². The van der Waals surface area contributed by atoms with Gasteiger partial charge in [0.25, 0.3) is 0 Å². The lowest BCUT2D eigenvalue weighted by Crippen LogP contribution is -2.36. The lowest BCUT2D eigenvalue weighted by Gasteiger charge is -2.32. The van der Waals surface area contributed by atoms with Crippen LogP contribution in [0.2, 0.25) is 0 Å². The van der Waals surface area contributed by atoms with Crippen molar-refractivity contribution in [1.29, 1.82) is 0 Å². The van der Waals surface area contributed by atoms with Gasteiger partial charge in [0.15, 0.2) is 5.70 Å². The van der Waals surface area contributed by atoms with E-state index in [1.807, 2.05) is 18.2 Å². The number of carboxylic acids is 1. The summed E-state index contributed by atoms with van der Waals surface area (Å²) in [6, 6.07) is 6.34. The van der Waals surface area contributed by atoms with Gasteiger partial charge in [-0.2, -0.15) is 0 Å². The molecule has 2 rings (SSSR count). The van der Waals surface area contributed by atoms with E-state index in [0.717, 1.165) is 19.5 Å².